The molecule has 1 saturated carbocycles. The van der Waals surface area contributed by atoms with Crippen LogP contribution in [0.4, 0.5) is 5.69 Å². The van der Waals surface area contributed by atoms with Crippen molar-refractivity contribution in [2.45, 2.75) is 45.4 Å². The molecule has 1 spiro atoms. The number of nitro groups is 1. The maximum absolute atomic E-state index is 12.8. The lowest BCUT2D eigenvalue weighted by Gasteiger charge is -2.32. The van der Waals surface area contributed by atoms with Crippen LogP contribution in [0, 0.1) is 21.4 Å². The summed E-state index contributed by atoms with van der Waals surface area (Å²) < 4.78 is 0. The van der Waals surface area contributed by atoms with Crippen molar-refractivity contribution in [3.05, 3.63) is 39.4 Å². The summed E-state index contributed by atoms with van der Waals surface area (Å²) in [6, 6.07) is 4.68. The van der Waals surface area contributed by atoms with Gasteiger partial charge in [0.2, 0.25) is 0 Å². The largest absolute Gasteiger partial charge is 0.481 e. The maximum Gasteiger partial charge on any atom is 0.307 e. The number of piperidine rings is 1. The first-order valence-corrected chi connectivity index (χ1v) is 8.86. The molecule has 1 heterocycles. The van der Waals surface area contributed by atoms with Crippen LogP contribution in [-0.4, -0.2) is 39.9 Å². The van der Waals surface area contributed by atoms with E-state index in [1.165, 1.54) is 6.07 Å². The average molecular weight is 360 g/mol. The third-order valence-electron chi connectivity index (χ3n) is 5.78. The predicted octanol–water partition coefficient (Wildman–Crippen LogP) is 3.22. The van der Waals surface area contributed by atoms with Gasteiger partial charge in [0.15, 0.2) is 0 Å². The first-order valence-electron chi connectivity index (χ1n) is 8.86. The highest BCUT2D eigenvalue weighted by molar-refractivity contribution is 5.95. The van der Waals surface area contributed by atoms with Crippen LogP contribution in [0.2, 0.25) is 0 Å². The normalized spacial score (nSPS) is 21.5. The number of benzene rings is 1. The van der Waals surface area contributed by atoms with Crippen LogP contribution in [0.1, 0.15) is 56.0 Å². The summed E-state index contributed by atoms with van der Waals surface area (Å²) in [6.45, 7) is 6.69. The van der Waals surface area contributed by atoms with Crippen LogP contribution in [0.5, 0.6) is 0 Å². The minimum Gasteiger partial charge on any atom is -0.481 e. The van der Waals surface area contributed by atoms with Crippen molar-refractivity contribution in [1.29, 1.82) is 0 Å². The highest BCUT2D eigenvalue weighted by atomic mass is 16.6. The van der Waals surface area contributed by atoms with Gasteiger partial charge in [-0.2, -0.15) is 0 Å². The molecule has 3 rings (SSSR count). The fourth-order valence-corrected chi connectivity index (χ4v) is 4.04. The van der Waals surface area contributed by atoms with E-state index in [-0.39, 0.29) is 28.3 Å². The molecule has 1 unspecified atom stereocenters. The van der Waals surface area contributed by atoms with Crippen LogP contribution in [0.15, 0.2) is 18.2 Å². The second-order valence-corrected chi connectivity index (χ2v) is 8.49. The number of carboxylic acids is 1. The number of amides is 1. The maximum atomic E-state index is 12.8. The minimum absolute atomic E-state index is 0.0371. The van der Waals surface area contributed by atoms with Gasteiger partial charge >= 0.3 is 5.97 Å². The lowest BCUT2D eigenvalue weighted by Crippen LogP contribution is -2.40. The zero-order valence-electron chi connectivity index (χ0n) is 15.3. The molecule has 0 aromatic heterocycles. The molecule has 1 saturated heterocycles. The van der Waals surface area contributed by atoms with Gasteiger partial charge in [0, 0.05) is 30.3 Å². The third kappa shape index (κ3) is 3.18. The van der Waals surface area contributed by atoms with Crippen molar-refractivity contribution in [3.63, 3.8) is 0 Å². The molecule has 2 fully saturated rings. The van der Waals surface area contributed by atoms with Gasteiger partial charge in [0.1, 0.15) is 0 Å². The minimum atomic E-state index is -0.752. The molecule has 1 aromatic rings. The van der Waals surface area contributed by atoms with E-state index >= 15 is 0 Å². The van der Waals surface area contributed by atoms with Crippen molar-refractivity contribution in [2.24, 2.45) is 11.3 Å². The Labute approximate surface area is 152 Å². The van der Waals surface area contributed by atoms with E-state index in [1.807, 2.05) is 20.8 Å². The summed E-state index contributed by atoms with van der Waals surface area (Å²) >= 11 is 0. The Kier molecular flexibility index (Phi) is 4.29. The lowest BCUT2D eigenvalue weighted by atomic mass is 9.85. The Bertz CT molecular complexity index is 773. The molecule has 0 radical (unpaired) electrons. The zero-order chi connectivity index (χ0) is 19.3. The van der Waals surface area contributed by atoms with Crippen LogP contribution >= 0.6 is 0 Å². The summed E-state index contributed by atoms with van der Waals surface area (Å²) in [6.07, 6.45) is 2.05. The van der Waals surface area contributed by atoms with Gasteiger partial charge in [-0.1, -0.05) is 26.8 Å². The Morgan fingerprint density at radius 1 is 1.27 bits per heavy atom. The van der Waals surface area contributed by atoms with Gasteiger partial charge in [-0.25, -0.2) is 0 Å². The Hall–Kier alpha value is -2.44. The summed E-state index contributed by atoms with van der Waals surface area (Å²) in [7, 11) is 0. The van der Waals surface area contributed by atoms with Crippen LogP contribution in [0.25, 0.3) is 0 Å². The van der Waals surface area contributed by atoms with Crippen molar-refractivity contribution in [3.8, 4) is 0 Å². The molecule has 1 aliphatic heterocycles. The highest BCUT2D eigenvalue weighted by Crippen LogP contribution is 2.59. The Balaban J connectivity index is 1.76. The molecule has 1 N–H and O–H groups in total. The van der Waals surface area contributed by atoms with Gasteiger partial charge in [0.25, 0.3) is 11.6 Å². The molecule has 1 aromatic carbocycles. The average Bonchev–Trinajstić information content (AvgIpc) is 3.27. The number of aliphatic carboxylic acids is 1. The fraction of sp³-hybridized carbons (Fsp3) is 0.579. The van der Waals surface area contributed by atoms with Gasteiger partial charge in [0.05, 0.1) is 10.8 Å². The Morgan fingerprint density at radius 3 is 2.35 bits per heavy atom. The van der Waals surface area contributed by atoms with E-state index < -0.39 is 10.9 Å². The van der Waals surface area contributed by atoms with Crippen molar-refractivity contribution >= 4 is 17.6 Å². The molecule has 0 bridgehead atoms. The zero-order valence-corrected chi connectivity index (χ0v) is 15.3. The molecular formula is C19H24N2O5. The molecular weight excluding hydrogens is 336 g/mol. The molecule has 7 nitrogen and oxygen atoms in total. The van der Waals surface area contributed by atoms with Gasteiger partial charge in [-0.15, -0.1) is 0 Å². The topological polar surface area (TPSA) is 101 Å². The standard InChI is InChI=1S/C19H24N2O5/c1-18(2,3)13-5-4-12(10-15(13)21(25)26)16(22)20-8-6-19(7-9-20)11-14(19)17(23)24/h4-5,10,14H,6-9,11H2,1-3H3,(H,23,24). The quantitative estimate of drug-likeness (QED) is 0.659. The summed E-state index contributed by atoms with van der Waals surface area (Å²) in [5, 5.41) is 20.6. The number of likely N-dealkylation sites (tertiary alicyclic amines) is 1. The second kappa shape index (κ2) is 6.07. The number of nitrogens with zero attached hydrogens (tertiary/aromatic N) is 2. The predicted molar refractivity (Wildman–Crippen MR) is 95.1 cm³/mol. The molecule has 1 aliphatic carbocycles. The molecule has 140 valence electrons. The van der Waals surface area contributed by atoms with Crippen molar-refractivity contribution in [2.75, 3.05) is 13.1 Å². The number of hydrogen-bond donors (Lipinski definition) is 1. The number of carbonyl (C=O) groups excluding carboxylic acids is 1. The van der Waals surface area contributed by atoms with Crippen LogP contribution in [0.3, 0.4) is 0 Å². The molecule has 26 heavy (non-hydrogen) atoms. The lowest BCUT2D eigenvalue weighted by molar-refractivity contribution is -0.386. The third-order valence-corrected chi connectivity index (χ3v) is 5.78. The smallest absolute Gasteiger partial charge is 0.307 e. The summed E-state index contributed by atoms with van der Waals surface area (Å²) in [4.78, 5) is 36.6. The summed E-state index contributed by atoms with van der Waals surface area (Å²) in [5.41, 5.74) is 0.333. The SMILES string of the molecule is CC(C)(C)c1ccc(C(=O)N2CCC3(CC2)CC3C(=O)O)cc1[N+](=O)[O-]. The van der Waals surface area contributed by atoms with E-state index in [2.05, 4.69) is 0 Å². The highest BCUT2D eigenvalue weighted by Gasteiger charge is 2.59. The first kappa shape index (κ1) is 18.4. The molecule has 1 atom stereocenters. The van der Waals surface area contributed by atoms with Gasteiger partial charge in [-0.3, -0.25) is 19.7 Å². The van der Waals surface area contributed by atoms with E-state index in [0.29, 0.717) is 43.5 Å². The summed E-state index contributed by atoms with van der Waals surface area (Å²) in [5.74, 6) is -1.26. The van der Waals surface area contributed by atoms with Gasteiger partial charge in [-0.05, 0) is 36.2 Å². The number of nitro benzene ring substituents is 1. The second-order valence-electron chi connectivity index (χ2n) is 8.49. The number of carboxylic acid groups (broad SMARTS) is 1. The van der Waals surface area contributed by atoms with Gasteiger partial charge < -0.3 is 10.0 Å². The van der Waals surface area contributed by atoms with E-state index in [1.54, 1.807) is 17.0 Å². The molecule has 7 heteroatoms. The number of hydrogen-bond acceptors (Lipinski definition) is 4. The Morgan fingerprint density at radius 2 is 1.88 bits per heavy atom. The molecule has 1 amide bonds. The van der Waals surface area contributed by atoms with E-state index in [0.717, 1.165) is 0 Å². The monoisotopic (exact) mass is 360 g/mol. The number of rotatable bonds is 3. The van der Waals surface area contributed by atoms with E-state index in [9.17, 15) is 19.7 Å². The first-order chi connectivity index (χ1) is 12.0. The van der Waals surface area contributed by atoms with Crippen LogP contribution < -0.4 is 0 Å². The fourth-order valence-electron chi connectivity index (χ4n) is 4.04. The van der Waals surface area contributed by atoms with E-state index in [4.69, 9.17) is 5.11 Å². The number of carbonyl (C=O) groups is 2. The van der Waals surface area contributed by atoms with Crippen LogP contribution in [-0.2, 0) is 10.2 Å². The van der Waals surface area contributed by atoms with Crippen molar-refractivity contribution in [1.82, 2.24) is 4.90 Å². The molecule has 2 aliphatic rings. The van der Waals surface area contributed by atoms with Crippen molar-refractivity contribution < 1.29 is 19.6 Å².